The van der Waals surface area contributed by atoms with Gasteiger partial charge >= 0.3 is 18.0 Å². The van der Waals surface area contributed by atoms with E-state index >= 15 is 0 Å². The minimum absolute atomic E-state index is 0.110. The van der Waals surface area contributed by atoms with Crippen molar-refractivity contribution in [1.82, 2.24) is 10.2 Å². The Bertz CT molecular complexity index is 298. The zero-order valence-corrected chi connectivity index (χ0v) is 8.93. The quantitative estimate of drug-likeness (QED) is 0.621. The van der Waals surface area contributed by atoms with Crippen LogP contribution in [-0.2, 0) is 14.3 Å². The number of hydrogen-bond acceptors (Lipinski definition) is 4. The number of methoxy groups -OCH3 is 1. The number of hydrogen-bond donors (Lipinski definition) is 2. The van der Waals surface area contributed by atoms with Crippen LogP contribution >= 0.6 is 0 Å². The Morgan fingerprint density at radius 1 is 1.44 bits per heavy atom. The molecule has 0 aromatic rings. The fourth-order valence-electron chi connectivity index (χ4n) is 1.29. The third-order valence-electron chi connectivity index (χ3n) is 2.35. The summed E-state index contributed by atoms with van der Waals surface area (Å²) in [5, 5.41) is 11.1. The first-order chi connectivity index (χ1) is 7.54. The molecule has 2 N–H and O–H groups in total. The van der Waals surface area contributed by atoms with Gasteiger partial charge in [-0.1, -0.05) is 0 Å². The van der Waals surface area contributed by atoms with Gasteiger partial charge in [-0.15, -0.1) is 0 Å². The number of urea groups is 1. The van der Waals surface area contributed by atoms with Gasteiger partial charge in [0, 0.05) is 19.6 Å². The Kier molecular flexibility index (Phi) is 4.10. The molecule has 0 spiro atoms. The number of carboxylic acid groups (broad SMARTS) is 1. The monoisotopic (exact) mass is 230 g/mol. The summed E-state index contributed by atoms with van der Waals surface area (Å²) in [7, 11) is 1.27. The SMILES string of the molecule is COC(=O)CCNC(=O)N1CC(C(=O)O)C1. The van der Waals surface area contributed by atoms with Crippen LogP contribution in [0.1, 0.15) is 6.42 Å². The van der Waals surface area contributed by atoms with Crippen molar-refractivity contribution in [2.45, 2.75) is 6.42 Å². The van der Waals surface area contributed by atoms with E-state index in [0.29, 0.717) is 0 Å². The zero-order valence-electron chi connectivity index (χ0n) is 8.93. The molecule has 90 valence electrons. The highest BCUT2D eigenvalue weighted by Gasteiger charge is 2.35. The lowest BCUT2D eigenvalue weighted by Crippen LogP contribution is -2.56. The van der Waals surface area contributed by atoms with Crippen molar-refractivity contribution in [3.8, 4) is 0 Å². The highest BCUT2D eigenvalue weighted by Crippen LogP contribution is 2.14. The molecule has 1 saturated heterocycles. The van der Waals surface area contributed by atoms with Crippen LogP contribution < -0.4 is 5.32 Å². The minimum atomic E-state index is -0.890. The molecule has 0 aromatic heterocycles. The molecule has 0 saturated carbocycles. The van der Waals surface area contributed by atoms with Gasteiger partial charge in [0.25, 0.3) is 0 Å². The summed E-state index contributed by atoms with van der Waals surface area (Å²) in [6.45, 7) is 0.637. The highest BCUT2D eigenvalue weighted by molar-refractivity contribution is 5.80. The Morgan fingerprint density at radius 2 is 2.06 bits per heavy atom. The summed E-state index contributed by atoms with van der Waals surface area (Å²) >= 11 is 0. The molecule has 0 aromatic carbocycles. The maximum atomic E-state index is 11.3. The fraction of sp³-hybridized carbons (Fsp3) is 0.667. The Morgan fingerprint density at radius 3 is 2.56 bits per heavy atom. The molecule has 0 aliphatic carbocycles. The van der Waals surface area contributed by atoms with Gasteiger partial charge in [0.1, 0.15) is 0 Å². The van der Waals surface area contributed by atoms with Crippen molar-refractivity contribution in [2.24, 2.45) is 5.92 Å². The van der Waals surface area contributed by atoms with E-state index in [4.69, 9.17) is 5.11 Å². The number of carboxylic acids is 1. The smallest absolute Gasteiger partial charge is 0.317 e. The maximum absolute atomic E-state index is 11.3. The van der Waals surface area contributed by atoms with Gasteiger partial charge in [0.15, 0.2) is 0 Å². The van der Waals surface area contributed by atoms with Crippen LogP contribution in [0.2, 0.25) is 0 Å². The lowest BCUT2D eigenvalue weighted by Gasteiger charge is -2.36. The molecule has 7 heteroatoms. The van der Waals surface area contributed by atoms with Crippen molar-refractivity contribution in [1.29, 1.82) is 0 Å². The molecule has 0 radical (unpaired) electrons. The molecule has 1 aliphatic heterocycles. The molecule has 0 unspecified atom stereocenters. The number of amides is 2. The maximum Gasteiger partial charge on any atom is 0.317 e. The predicted octanol–water partition coefficient (Wildman–Crippen LogP) is -0.724. The van der Waals surface area contributed by atoms with Crippen LogP contribution in [0.3, 0.4) is 0 Å². The molecule has 1 heterocycles. The van der Waals surface area contributed by atoms with Gasteiger partial charge in [-0.3, -0.25) is 9.59 Å². The van der Waals surface area contributed by atoms with Crippen molar-refractivity contribution >= 4 is 18.0 Å². The minimum Gasteiger partial charge on any atom is -0.481 e. The second-order valence-corrected chi connectivity index (χ2v) is 3.50. The van der Waals surface area contributed by atoms with E-state index in [1.54, 1.807) is 0 Å². The molecule has 2 amide bonds. The van der Waals surface area contributed by atoms with E-state index in [1.807, 2.05) is 0 Å². The highest BCUT2D eigenvalue weighted by atomic mass is 16.5. The van der Waals surface area contributed by atoms with Gasteiger partial charge in [0.2, 0.25) is 0 Å². The summed E-state index contributed by atoms with van der Waals surface area (Å²) in [6.07, 6.45) is 0.110. The Labute approximate surface area is 92.4 Å². The van der Waals surface area contributed by atoms with Gasteiger partial charge in [-0.2, -0.15) is 0 Å². The van der Waals surface area contributed by atoms with E-state index in [2.05, 4.69) is 10.1 Å². The second-order valence-electron chi connectivity index (χ2n) is 3.50. The van der Waals surface area contributed by atoms with Crippen molar-refractivity contribution in [2.75, 3.05) is 26.7 Å². The second kappa shape index (κ2) is 5.34. The summed E-state index contributed by atoms with van der Waals surface area (Å²) in [5.74, 6) is -1.75. The van der Waals surface area contributed by atoms with Crippen molar-refractivity contribution < 1.29 is 24.2 Å². The molecular formula is C9H14N2O5. The van der Waals surface area contributed by atoms with Gasteiger partial charge in [-0.05, 0) is 0 Å². The first-order valence-electron chi connectivity index (χ1n) is 4.87. The molecule has 0 atom stereocenters. The van der Waals surface area contributed by atoms with E-state index < -0.39 is 17.9 Å². The summed E-state index contributed by atoms with van der Waals surface area (Å²) < 4.78 is 4.40. The zero-order chi connectivity index (χ0) is 12.1. The van der Waals surface area contributed by atoms with Crippen LogP contribution in [0.5, 0.6) is 0 Å². The Balaban J connectivity index is 2.13. The first-order valence-corrected chi connectivity index (χ1v) is 4.87. The van der Waals surface area contributed by atoms with E-state index in [0.717, 1.165) is 0 Å². The molecule has 7 nitrogen and oxygen atoms in total. The molecule has 0 bridgehead atoms. The summed E-state index contributed by atoms with van der Waals surface area (Å²) in [4.78, 5) is 33.9. The number of esters is 1. The van der Waals surface area contributed by atoms with Crippen molar-refractivity contribution in [3.63, 3.8) is 0 Å². The van der Waals surface area contributed by atoms with Crippen molar-refractivity contribution in [3.05, 3.63) is 0 Å². The topological polar surface area (TPSA) is 95.9 Å². The van der Waals surface area contributed by atoms with Crippen LogP contribution in [0.15, 0.2) is 0 Å². The van der Waals surface area contributed by atoms with Gasteiger partial charge < -0.3 is 20.1 Å². The van der Waals surface area contributed by atoms with Crippen LogP contribution in [0.25, 0.3) is 0 Å². The third-order valence-corrected chi connectivity index (χ3v) is 2.35. The molecule has 1 aliphatic rings. The summed E-state index contributed by atoms with van der Waals surface area (Å²) in [5.41, 5.74) is 0. The van der Waals surface area contributed by atoms with E-state index in [1.165, 1.54) is 12.0 Å². The lowest BCUT2D eigenvalue weighted by atomic mass is 10.0. The Hall–Kier alpha value is -1.79. The number of nitrogens with one attached hydrogen (secondary N) is 1. The largest absolute Gasteiger partial charge is 0.481 e. The number of aliphatic carboxylic acids is 1. The molecule has 16 heavy (non-hydrogen) atoms. The van der Waals surface area contributed by atoms with Gasteiger partial charge in [-0.25, -0.2) is 4.79 Å². The van der Waals surface area contributed by atoms with E-state index in [-0.39, 0.29) is 32.1 Å². The number of carbonyl (C=O) groups is 3. The van der Waals surface area contributed by atoms with Crippen LogP contribution in [-0.4, -0.2) is 54.7 Å². The van der Waals surface area contributed by atoms with Gasteiger partial charge in [0.05, 0.1) is 19.4 Å². The molecule has 1 rings (SSSR count). The first kappa shape index (κ1) is 12.3. The standard InChI is InChI=1S/C9H14N2O5/c1-16-7(12)2-3-10-9(15)11-4-6(5-11)8(13)14/h6H,2-5H2,1H3,(H,10,15)(H,13,14). The number of likely N-dealkylation sites (tertiary alicyclic amines) is 1. The third kappa shape index (κ3) is 3.11. The number of ether oxygens (including phenoxy) is 1. The average molecular weight is 230 g/mol. The lowest BCUT2D eigenvalue weighted by molar-refractivity contribution is -0.146. The normalized spacial score (nSPS) is 15.2. The summed E-state index contributed by atoms with van der Waals surface area (Å²) in [6, 6.07) is -0.346. The molecular weight excluding hydrogens is 216 g/mol. The van der Waals surface area contributed by atoms with E-state index in [9.17, 15) is 14.4 Å². The van der Waals surface area contributed by atoms with Crippen LogP contribution in [0, 0.1) is 5.92 Å². The number of nitrogens with zero attached hydrogens (tertiary/aromatic N) is 1. The number of rotatable bonds is 4. The molecule has 1 fully saturated rings. The number of carbonyl (C=O) groups excluding carboxylic acids is 2. The van der Waals surface area contributed by atoms with Crippen LogP contribution in [0.4, 0.5) is 4.79 Å². The fourth-order valence-corrected chi connectivity index (χ4v) is 1.29. The average Bonchev–Trinajstić information content (AvgIpc) is 2.14. The predicted molar refractivity (Wildman–Crippen MR) is 52.7 cm³/mol.